The monoisotopic (exact) mass is 340 g/mol. The molecule has 24 heavy (non-hydrogen) atoms. The lowest BCUT2D eigenvalue weighted by molar-refractivity contribution is 0.0733. The van der Waals surface area contributed by atoms with Gasteiger partial charge in [0.25, 0.3) is 5.91 Å². The Morgan fingerprint density at radius 3 is 2.58 bits per heavy atom. The molecule has 0 bridgehead atoms. The van der Waals surface area contributed by atoms with Crippen molar-refractivity contribution in [2.24, 2.45) is 5.73 Å². The molecule has 3 aromatic rings. The first-order chi connectivity index (χ1) is 11.6. The number of nitrogens with zero attached hydrogens (tertiary/aromatic N) is 2. The molecule has 7 heteroatoms. The lowest BCUT2D eigenvalue weighted by Gasteiger charge is -2.21. The molecule has 2 heterocycles. The van der Waals surface area contributed by atoms with Crippen molar-refractivity contribution in [3.05, 3.63) is 75.7 Å². The number of nitrogens with one attached hydrogen (secondary N) is 1. The van der Waals surface area contributed by atoms with Crippen LogP contribution in [0, 0.1) is 0 Å². The summed E-state index contributed by atoms with van der Waals surface area (Å²) in [4.78, 5) is 26.3. The van der Waals surface area contributed by atoms with Crippen LogP contribution in [0.5, 0.6) is 0 Å². The zero-order valence-corrected chi connectivity index (χ0v) is 13.6. The van der Waals surface area contributed by atoms with Gasteiger partial charge in [-0.25, -0.2) is 0 Å². The zero-order valence-electron chi connectivity index (χ0n) is 12.8. The number of carbonyl (C=O) groups is 2. The van der Waals surface area contributed by atoms with Gasteiger partial charge >= 0.3 is 0 Å². The number of thiophene rings is 1. The second kappa shape index (κ2) is 7.10. The Hall–Kier alpha value is -2.93. The summed E-state index contributed by atoms with van der Waals surface area (Å²) in [5.41, 5.74) is 7.48. The standard InChI is InChI=1S/C17H16N4O2S/c18-16(22)13-8-15(24-11-13)17(23)21(10-14-6-7-19-20-14)9-12-4-2-1-3-5-12/h1-8,11H,9-10H2,(H2,18,22)(H,19,20). The molecule has 0 aliphatic heterocycles. The third-order valence-electron chi connectivity index (χ3n) is 3.52. The fourth-order valence-electron chi connectivity index (χ4n) is 2.32. The van der Waals surface area contributed by atoms with Crippen molar-refractivity contribution in [2.75, 3.05) is 0 Å². The minimum absolute atomic E-state index is 0.147. The Balaban J connectivity index is 1.84. The third kappa shape index (κ3) is 3.69. The zero-order chi connectivity index (χ0) is 16.9. The van der Waals surface area contributed by atoms with Crippen LogP contribution in [-0.2, 0) is 13.1 Å². The molecule has 6 nitrogen and oxygen atoms in total. The average Bonchev–Trinajstić information content (AvgIpc) is 3.26. The number of aromatic amines is 1. The van der Waals surface area contributed by atoms with E-state index in [9.17, 15) is 9.59 Å². The first-order valence-corrected chi connectivity index (χ1v) is 8.21. The minimum atomic E-state index is -0.534. The summed E-state index contributed by atoms with van der Waals surface area (Å²) in [7, 11) is 0. The molecule has 122 valence electrons. The van der Waals surface area contributed by atoms with Crippen LogP contribution in [-0.4, -0.2) is 26.9 Å². The van der Waals surface area contributed by atoms with Gasteiger partial charge in [0, 0.05) is 18.1 Å². The van der Waals surface area contributed by atoms with Crippen LogP contribution in [0.15, 0.2) is 54.0 Å². The SMILES string of the molecule is NC(=O)c1csc(C(=O)N(Cc2ccccc2)Cc2ccn[nH]2)c1. The van der Waals surface area contributed by atoms with Crippen molar-refractivity contribution in [1.29, 1.82) is 0 Å². The molecule has 0 aliphatic carbocycles. The van der Waals surface area contributed by atoms with Gasteiger partial charge in [-0.1, -0.05) is 30.3 Å². The lowest BCUT2D eigenvalue weighted by Crippen LogP contribution is -2.29. The fourth-order valence-corrected chi connectivity index (χ4v) is 3.18. The van der Waals surface area contributed by atoms with Crippen LogP contribution in [0.3, 0.4) is 0 Å². The van der Waals surface area contributed by atoms with Gasteiger partial charge in [0.05, 0.1) is 22.7 Å². The maximum Gasteiger partial charge on any atom is 0.264 e. The van der Waals surface area contributed by atoms with E-state index in [0.717, 1.165) is 11.3 Å². The second-order valence-corrected chi connectivity index (χ2v) is 6.20. The van der Waals surface area contributed by atoms with Crippen molar-refractivity contribution < 1.29 is 9.59 Å². The lowest BCUT2D eigenvalue weighted by atomic mass is 10.2. The molecule has 0 aliphatic rings. The summed E-state index contributed by atoms with van der Waals surface area (Å²) in [6.45, 7) is 0.861. The number of aromatic nitrogens is 2. The minimum Gasteiger partial charge on any atom is -0.366 e. The maximum atomic E-state index is 12.9. The van der Waals surface area contributed by atoms with Crippen LogP contribution in [0.1, 0.15) is 31.3 Å². The Morgan fingerprint density at radius 1 is 1.17 bits per heavy atom. The van der Waals surface area contributed by atoms with Gasteiger partial charge in [-0.2, -0.15) is 5.10 Å². The summed E-state index contributed by atoms with van der Waals surface area (Å²) in [5.74, 6) is -0.681. The molecule has 0 spiro atoms. The quantitative estimate of drug-likeness (QED) is 0.722. The van der Waals surface area contributed by atoms with E-state index in [4.69, 9.17) is 5.73 Å². The maximum absolute atomic E-state index is 12.9. The molecular formula is C17H16N4O2S. The van der Waals surface area contributed by atoms with Crippen LogP contribution in [0.4, 0.5) is 0 Å². The van der Waals surface area contributed by atoms with E-state index in [-0.39, 0.29) is 5.91 Å². The molecule has 3 N–H and O–H groups in total. The highest BCUT2D eigenvalue weighted by atomic mass is 32.1. The summed E-state index contributed by atoms with van der Waals surface area (Å²) < 4.78 is 0. The Kier molecular flexibility index (Phi) is 4.72. The molecule has 0 unspecified atom stereocenters. The highest BCUT2D eigenvalue weighted by Crippen LogP contribution is 2.19. The molecule has 2 amide bonds. The predicted molar refractivity (Wildman–Crippen MR) is 91.4 cm³/mol. The topological polar surface area (TPSA) is 92.1 Å². The van der Waals surface area contributed by atoms with Crippen LogP contribution in [0.25, 0.3) is 0 Å². The van der Waals surface area contributed by atoms with Crippen LogP contribution < -0.4 is 5.73 Å². The Labute approximate surface area is 142 Å². The highest BCUT2D eigenvalue weighted by molar-refractivity contribution is 7.12. The number of rotatable bonds is 6. The molecule has 1 aromatic carbocycles. The Bertz CT molecular complexity index is 827. The van der Waals surface area contributed by atoms with Crippen molar-refractivity contribution >= 4 is 23.2 Å². The summed E-state index contributed by atoms with van der Waals surface area (Å²) in [6.07, 6.45) is 1.65. The number of nitrogens with two attached hydrogens (primary N) is 1. The van der Waals surface area contributed by atoms with Gasteiger partial charge in [-0.05, 0) is 17.7 Å². The van der Waals surface area contributed by atoms with E-state index in [1.54, 1.807) is 22.5 Å². The molecule has 2 aromatic heterocycles. The van der Waals surface area contributed by atoms with E-state index in [1.165, 1.54) is 11.3 Å². The van der Waals surface area contributed by atoms with Crippen LogP contribution in [0.2, 0.25) is 0 Å². The number of primary amides is 1. The van der Waals surface area contributed by atoms with Gasteiger partial charge in [-0.15, -0.1) is 11.3 Å². The third-order valence-corrected chi connectivity index (χ3v) is 4.44. The predicted octanol–water partition coefficient (Wildman–Crippen LogP) is 2.41. The molecule has 3 rings (SSSR count). The Morgan fingerprint density at radius 2 is 1.96 bits per heavy atom. The van der Waals surface area contributed by atoms with E-state index >= 15 is 0 Å². The molecule has 0 fully saturated rings. The fraction of sp³-hybridized carbons (Fsp3) is 0.118. The van der Waals surface area contributed by atoms with Gasteiger partial charge in [-0.3, -0.25) is 14.7 Å². The number of benzene rings is 1. The first-order valence-electron chi connectivity index (χ1n) is 7.33. The van der Waals surface area contributed by atoms with E-state index in [1.807, 2.05) is 36.4 Å². The van der Waals surface area contributed by atoms with Crippen molar-refractivity contribution in [1.82, 2.24) is 15.1 Å². The second-order valence-electron chi connectivity index (χ2n) is 5.29. The summed E-state index contributed by atoms with van der Waals surface area (Å²) >= 11 is 1.22. The number of hydrogen-bond acceptors (Lipinski definition) is 4. The van der Waals surface area contributed by atoms with Gasteiger partial charge in [0.2, 0.25) is 5.91 Å². The largest absolute Gasteiger partial charge is 0.366 e. The number of carbonyl (C=O) groups excluding carboxylic acids is 2. The summed E-state index contributed by atoms with van der Waals surface area (Å²) in [5, 5.41) is 8.39. The highest BCUT2D eigenvalue weighted by Gasteiger charge is 2.20. The van der Waals surface area contributed by atoms with Gasteiger partial charge < -0.3 is 10.6 Å². The molecule has 0 saturated heterocycles. The summed E-state index contributed by atoms with van der Waals surface area (Å²) in [6, 6.07) is 13.1. The normalized spacial score (nSPS) is 10.5. The first kappa shape index (κ1) is 15.9. The van der Waals surface area contributed by atoms with Crippen molar-refractivity contribution in [3.63, 3.8) is 0 Å². The van der Waals surface area contributed by atoms with E-state index < -0.39 is 5.91 Å². The van der Waals surface area contributed by atoms with E-state index in [2.05, 4.69) is 10.2 Å². The smallest absolute Gasteiger partial charge is 0.264 e. The number of amides is 2. The average molecular weight is 340 g/mol. The van der Waals surface area contributed by atoms with Gasteiger partial charge in [0.1, 0.15) is 0 Å². The van der Waals surface area contributed by atoms with E-state index in [0.29, 0.717) is 23.5 Å². The molecule has 0 radical (unpaired) electrons. The molecule has 0 atom stereocenters. The number of H-pyrrole nitrogens is 1. The molecular weight excluding hydrogens is 324 g/mol. The number of hydrogen-bond donors (Lipinski definition) is 2. The van der Waals surface area contributed by atoms with Crippen LogP contribution >= 0.6 is 11.3 Å². The molecule has 0 saturated carbocycles. The van der Waals surface area contributed by atoms with Gasteiger partial charge in [0.15, 0.2) is 0 Å². The van der Waals surface area contributed by atoms with Crippen molar-refractivity contribution in [3.8, 4) is 0 Å². The van der Waals surface area contributed by atoms with Crippen molar-refractivity contribution in [2.45, 2.75) is 13.1 Å².